The van der Waals surface area contributed by atoms with E-state index in [4.69, 9.17) is 0 Å². The largest absolute Gasteiger partial charge is 0.348 e. The molecule has 5 nitrogen and oxygen atoms in total. The molecule has 0 bridgehead atoms. The van der Waals surface area contributed by atoms with Crippen LogP contribution >= 0.6 is 11.8 Å². The van der Waals surface area contributed by atoms with Gasteiger partial charge in [0.15, 0.2) is 0 Å². The molecule has 1 atom stereocenters. The number of carbonyl (C=O) groups is 3. The van der Waals surface area contributed by atoms with Crippen molar-refractivity contribution in [3.8, 4) is 0 Å². The first-order chi connectivity index (χ1) is 12.2. The van der Waals surface area contributed by atoms with Crippen LogP contribution in [0, 0.1) is 0 Å². The average molecular weight is 354 g/mol. The van der Waals surface area contributed by atoms with E-state index in [1.807, 2.05) is 30.3 Å². The highest BCUT2D eigenvalue weighted by Gasteiger charge is 2.31. The number of rotatable bonds is 5. The van der Waals surface area contributed by atoms with Crippen LogP contribution in [0.5, 0.6) is 0 Å². The van der Waals surface area contributed by atoms with Crippen molar-refractivity contribution in [2.24, 2.45) is 0 Å². The molecule has 128 valence electrons. The third-order valence-corrected chi connectivity index (χ3v) is 5.07. The molecule has 6 heteroatoms. The highest BCUT2D eigenvalue weighted by Crippen LogP contribution is 2.23. The zero-order chi connectivity index (χ0) is 17.6. The molecule has 1 heterocycles. The lowest BCUT2D eigenvalue weighted by molar-refractivity contribution is -0.110. The first-order valence-electron chi connectivity index (χ1n) is 7.96. The van der Waals surface area contributed by atoms with Crippen LogP contribution in [0.25, 0.3) is 0 Å². The fraction of sp³-hybridized carbons (Fsp3) is 0.211. The fourth-order valence-electron chi connectivity index (χ4n) is 2.68. The molecule has 0 saturated carbocycles. The number of carbonyl (C=O) groups excluding carboxylic acids is 3. The molecule has 3 rings (SSSR count). The van der Waals surface area contributed by atoms with Crippen molar-refractivity contribution in [1.29, 1.82) is 0 Å². The zero-order valence-electron chi connectivity index (χ0n) is 13.6. The molecule has 0 aliphatic carbocycles. The number of amides is 2. The van der Waals surface area contributed by atoms with Gasteiger partial charge >= 0.3 is 0 Å². The quantitative estimate of drug-likeness (QED) is 0.837. The SMILES string of the molecule is O=CC1CSCN1C(=O)c1ccccc1C(=O)NCc1ccccc1. The van der Waals surface area contributed by atoms with Crippen LogP contribution in [0.1, 0.15) is 26.3 Å². The van der Waals surface area contributed by atoms with Crippen LogP contribution in [0.2, 0.25) is 0 Å². The standard InChI is InChI=1S/C19H18N2O3S/c22-11-15-12-25-13-21(15)19(24)17-9-5-4-8-16(17)18(23)20-10-14-6-2-1-3-7-14/h1-9,11,15H,10,12-13H2,(H,20,23). The summed E-state index contributed by atoms with van der Waals surface area (Å²) >= 11 is 1.53. The minimum atomic E-state index is -0.432. The van der Waals surface area contributed by atoms with E-state index in [0.29, 0.717) is 29.3 Å². The summed E-state index contributed by atoms with van der Waals surface area (Å²) in [7, 11) is 0. The van der Waals surface area contributed by atoms with Gasteiger partial charge in [-0.05, 0) is 17.7 Å². The lowest BCUT2D eigenvalue weighted by atomic mass is 10.0. The van der Waals surface area contributed by atoms with Gasteiger partial charge in [-0.25, -0.2) is 0 Å². The second-order valence-electron chi connectivity index (χ2n) is 5.69. The summed E-state index contributed by atoms with van der Waals surface area (Å²) in [4.78, 5) is 38.0. The van der Waals surface area contributed by atoms with Gasteiger partial charge in [0, 0.05) is 12.3 Å². The van der Waals surface area contributed by atoms with Crippen molar-refractivity contribution in [3.05, 3.63) is 71.3 Å². The normalized spacial score (nSPS) is 16.5. The lowest BCUT2D eigenvalue weighted by Crippen LogP contribution is -2.38. The summed E-state index contributed by atoms with van der Waals surface area (Å²) in [5.74, 6) is 0.467. The second-order valence-corrected chi connectivity index (χ2v) is 6.69. The number of nitrogens with zero attached hydrogens (tertiary/aromatic N) is 1. The maximum atomic E-state index is 12.8. The highest BCUT2D eigenvalue weighted by atomic mass is 32.2. The summed E-state index contributed by atoms with van der Waals surface area (Å²) < 4.78 is 0. The minimum absolute atomic E-state index is 0.285. The van der Waals surface area contributed by atoms with E-state index < -0.39 is 6.04 Å². The number of hydrogen-bond donors (Lipinski definition) is 1. The lowest BCUT2D eigenvalue weighted by Gasteiger charge is -2.20. The van der Waals surface area contributed by atoms with Gasteiger partial charge in [-0.2, -0.15) is 0 Å². The molecule has 0 spiro atoms. The predicted molar refractivity (Wildman–Crippen MR) is 97.4 cm³/mol. The van der Waals surface area contributed by atoms with Gasteiger partial charge in [-0.15, -0.1) is 11.8 Å². The van der Waals surface area contributed by atoms with Crippen molar-refractivity contribution < 1.29 is 14.4 Å². The summed E-state index contributed by atoms with van der Waals surface area (Å²) in [5.41, 5.74) is 1.63. The van der Waals surface area contributed by atoms with Crippen LogP contribution in [-0.2, 0) is 11.3 Å². The average Bonchev–Trinajstić information content (AvgIpc) is 3.15. The Kier molecular flexibility index (Phi) is 5.50. The smallest absolute Gasteiger partial charge is 0.255 e. The highest BCUT2D eigenvalue weighted by molar-refractivity contribution is 7.99. The van der Waals surface area contributed by atoms with E-state index in [1.165, 1.54) is 16.7 Å². The van der Waals surface area contributed by atoms with Gasteiger partial charge in [0.2, 0.25) is 0 Å². The molecule has 1 aliphatic heterocycles. The van der Waals surface area contributed by atoms with Gasteiger partial charge in [-0.1, -0.05) is 42.5 Å². The molecule has 1 aliphatic rings. The summed E-state index contributed by atoms with van der Waals surface area (Å²) in [6, 6.07) is 15.9. The summed E-state index contributed by atoms with van der Waals surface area (Å²) in [5, 5.41) is 2.84. The summed E-state index contributed by atoms with van der Waals surface area (Å²) in [6.07, 6.45) is 0.788. The molecule has 1 N–H and O–H groups in total. The summed E-state index contributed by atoms with van der Waals surface area (Å²) in [6.45, 7) is 0.388. The van der Waals surface area contributed by atoms with Crippen LogP contribution in [0.3, 0.4) is 0 Å². The maximum absolute atomic E-state index is 12.8. The van der Waals surface area contributed by atoms with E-state index >= 15 is 0 Å². The van der Waals surface area contributed by atoms with Gasteiger partial charge in [0.05, 0.1) is 23.0 Å². The van der Waals surface area contributed by atoms with Crippen molar-refractivity contribution in [3.63, 3.8) is 0 Å². The van der Waals surface area contributed by atoms with E-state index in [-0.39, 0.29) is 11.8 Å². The molecule has 25 heavy (non-hydrogen) atoms. The third-order valence-electron chi connectivity index (χ3n) is 4.04. The van der Waals surface area contributed by atoms with Crippen molar-refractivity contribution in [2.45, 2.75) is 12.6 Å². The Morgan fingerprint density at radius 2 is 1.76 bits per heavy atom. The van der Waals surface area contributed by atoms with E-state index in [9.17, 15) is 14.4 Å². The van der Waals surface area contributed by atoms with Crippen LogP contribution in [0.4, 0.5) is 0 Å². The molecule has 2 aromatic carbocycles. The Balaban J connectivity index is 1.77. The number of benzene rings is 2. The molecule has 0 aromatic heterocycles. The number of nitrogens with one attached hydrogen (secondary N) is 1. The van der Waals surface area contributed by atoms with Crippen LogP contribution in [0.15, 0.2) is 54.6 Å². The second kappa shape index (κ2) is 7.98. The third kappa shape index (κ3) is 3.91. The van der Waals surface area contributed by atoms with Gasteiger partial charge in [0.1, 0.15) is 6.29 Å². The molecular weight excluding hydrogens is 336 g/mol. The Morgan fingerprint density at radius 1 is 1.08 bits per heavy atom. The topological polar surface area (TPSA) is 66.5 Å². The van der Waals surface area contributed by atoms with E-state index in [0.717, 1.165) is 11.8 Å². The van der Waals surface area contributed by atoms with Crippen LogP contribution < -0.4 is 5.32 Å². The molecule has 0 radical (unpaired) electrons. The van der Waals surface area contributed by atoms with E-state index in [2.05, 4.69) is 5.32 Å². The number of aldehydes is 1. The number of thioether (sulfide) groups is 1. The van der Waals surface area contributed by atoms with E-state index in [1.54, 1.807) is 24.3 Å². The molecule has 1 fully saturated rings. The minimum Gasteiger partial charge on any atom is -0.348 e. The Bertz CT molecular complexity index is 779. The monoisotopic (exact) mass is 354 g/mol. The Labute approximate surface area is 150 Å². The molecule has 2 aromatic rings. The Morgan fingerprint density at radius 3 is 2.48 bits per heavy atom. The van der Waals surface area contributed by atoms with Crippen molar-refractivity contribution >= 4 is 29.9 Å². The number of hydrogen-bond acceptors (Lipinski definition) is 4. The molecule has 1 saturated heterocycles. The Hall–Kier alpha value is -2.60. The van der Waals surface area contributed by atoms with Gasteiger partial charge < -0.3 is 15.0 Å². The van der Waals surface area contributed by atoms with Gasteiger partial charge in [-0.3, -0.25) is 9.59 Å². The molecule has 1 unspecified atom stereocenters. The zero-order valence-corrected chi connectivity index (χ0v) is 14.4. The van der Waals surface area contributed by atoms with Gasteiger partial charge in [0.25, 0.3) is 11.8 Å². The van der Waals surface area contributed by atoms with Crippen LogP contribution in [-0.4, -0.2) is 40.7 Å². The fourth-order valence-corrected chi connectivity index (χ4v) is 3.79. The molecule has 2 amide bonds. The van der Waals surface area contributed by atoms with Crippen molar-refractivity contribution in [1.82, 2.24) is 10.2 Å². The predicted octanol–water partition coefficient (Wildman–Crippen LogP) is 2.33. The maximum Gasteiger partial charge on any atom is 0.255 e. The first-order valence-corrected chi connectivity index (χ1v) is 9.11. The molecular formula is C19H18N2O3S. The van der Waals surface area contributed by atoms with Crippen molar-refractivity contribution in [2.75, 3.05) is 11.6 Å². The first kappa shape index (κ1) is 17.2.